The molecule has 0 saturated heterocycles. The van der Waals surface area contributed by atoms with Crippen LogP contribution in [0.3, 0.4) is 0 Å². The summed E-state index contributed by atoms with van der Waals surface area (Å²) in [6, 6.07) is 13.3. The van der Waals surface area contributed by atoms with Gasteiger partial charge in [-0.2, -0.15) is 0 Å². The number of nitrogens with zero attached hydrogens (tertiary/aromatic N) is 1. The maximum Gasteiger partial charge on any atom is 0.209 e. The third kappa shape index (κ3) is 1.87. The highest BCUT2D eigenvalue weighted by Crippen LogP contribution is 2.27. The molecule has 3 heteroatoms. The van der Waals surface area contributed by atoms with Crippen LogP contribution in [-0.2, 0) is 6.54 Å². The van der Waals surface area contributed by atoms with Crippen molar-refractivity contribution < 1.29 is 4.79 Å². The average Bonchev–Trinajstić information content (AvgIpc) is 2.93. The van der Waals surface area contributed by atoms with Crippen LogP contribution in [0.25, 0.3) is 0 Å². The zero-order chi connectivity index (χ0) is 11.8. The summed E-state index contributed by atoms with van der Waals surface area (Å²) in [5.74, 6) is 0.0750. The van der Waals surface area contributed by atoms with E-state index >= 15 is 0 Å². The van der Waals surface area contributed by atoms with Crippen LogP contribution in [0.1, 0.15) is 41.6 Å². The van der Waals surface area contributed by atoms with Crippen molar-refractivity contribution in [3.05, 3.63) is 59.4 Å². The van der Waals surface area contributed by atoms with Gasteiger partial charge in [-0.05, 0) is 18.6 Å². The number of fused-ring (bicyclic) bond motifs is 1. The molecule has 0 radical (unpaired) electrons. The van der Waals surface area contributed by atoms with Crippen LogP contribution in [0.2, 0.25) is 0 Å². The Bertz CT molecular complexity index is 557. The summed E-state index contributed by atoms with van der Waals surface area (Å²) in [6.45, 7) is 0.845. The Kier molecular flexibility index (Phi) is 3.34. The summed E-state index contributed by atoms with van der Waals surface area (Å²) >= 11 is 0. The third-order valence-corrected chi connectivity index (χ3v) is 3.33. The van der Waals surface area contributed by atoms with Crippen molar-refractivity contribution in [2.75, 3.05) is 0 Å². The number of rotatable bonds is 2. The molecule has 1 aliphatic rings. The van der Waals surface area contributed by atoms with E-state index < -0.39 is 0 Å². The fraction of sp³-hybridized carbons (Fsp3) is 0.267. The Morgan fingerprint density at radius 3 is 2.61 bits per heavy atom. The molecule has 18 heavy (non-hydrogen) atoms. The summed E-state index contributed by atoms with van der Waals surface area (Å²) < 4.78 is 2.04. The van der Waals surface area contributed by atoms with Gasteiger partial charge < -0.3 is 10.3 Å². The fourth-order valence-corrected chi connectivity index (χ4v) is 2.41. The lowest BCUT2D eigenvalue weighted by Crippen LogP contribution is -2.09. The molecule has 2 heterocycles. The van der Waals surface area contributed by atoms with Crippen LogP contribution in [0.4, 0.5) is 0 Å². The molecular weight excluding hydrogens is 224 g/mol. The molecule has 0 bridgehead atoms. The minimum Gasteiger partial charge on any atom is -0.340 e. The third-order valence-electron chi connectivity index (χ3n) is 3.33. The van der Waals surface area contributed by atoms with E-state index in [9.17, 15) is 4.79 Å². The Balaban J connectivity index is 0.00000120. The van der Waals surface area contributed by atoms with Crippen LogP contribution in [0.15, 0.2) is 42.5 Å². The number of benzene rings is 1. The number of carbonyl (C=O) groups is 1. The zero-order valence-electron chi connectivity index (χ0n) is 9.47. The summed E-state index contributed by atoms with van der Waals surface area (Å²) in [4.78, 5) is 12.3. The van der Waals surface area contributed by atoms with Crippen LogP contribution >= 0.6 is 0 Å². The van der Waals surface area contributed by atoms with Crippen molar-refractivity contribution in [1.82, 2.24) is 4.57 Å². The van der Waals surface area contributed by atoms with Crippen molar-refractivity contribution in [2.24, 2.45) is 5.73 Å². The molecule has 3 rings (SSSR count). The maximum atomic E-state index is 12.3. The van der Waals surface area contributed by atoms with Gasteiger partial charge in [0, 0.05) is 23.8 Å². The van der Waals surface area contributed by atoms with Gasteiger partial charge in [0.1, 0.15) is 0 Å². The quantitative estimate of drug-likeness (QED) is 0.823. The molecular formula is C15H18N2O. The Hall–Kier alpha value is -1.87. The second-order valence-corrected chi connectivity index (χ2v) is 4.39. The van der Waals surface area contributed by atoms with Crippen molar-refractivity contribution in [1.29, 1.82) is 0 Å². The van der Waals surface area contributed by atoms with Gasteiger partial charge in [-0.3, -0.25) is 4.79 Å². The molecule has 1 atom stereocenters. The molecule has 2 aromatic rings. The number of nitrogens with two attached hydrogens (primary N) is 1. The summed E-state index contributed by atoms with van der Waals surface area (Å²) in [6.07, 6.45) is 0.922. The van der Waals surface area contributed by atoms with Gasteiger partial charge in [0.25, 0.3) is 0 Å². The number of carbonyl (C=O) groups excluding carboxylic acids is 1. The van der Waals surface area contributed by atoms with Gasteiger partial charge in [0.15, 0.2) is 0 Å². The first-order chi connectivity index (χ1) is 8.27. The van der Waals surface area contributed by atoms with Crippen molar-refractivity contribution in [3.63, 3.8) is 0 Å². The minimum absolute atomic E-state index is 0. The van der Waals surface area contributed by atoms with Crippen LogP contribution in [-0.4, -0.2) is 10.4 Å². The normalized spacial score (nSPS) is 17.1. The monoisotopic (exact) mass is 242 g/mol. The van der Waals surface area contributed by atoms with Crippen molar-refractivity contribution in [3.8, 4) is 0 Å². The molecule has 0 aliphatic carbocycles. The number of ketones is 1. The first kappa shape index (κ1) is 12.6. The predicted molar refractivity (Wildman–Crippen MR) is 72.6 cm³/mol. The van der Waals surface area contributed by atoms with Gasteiger partial charge in [0.2, 0.25) is 5.78 Å². The second kappa shape index (κ2) is 4.78. The molecule has 1 aromatic carbocycles. The van der Waals surface area contributed by atoms with Crippen LogP contribution in [0, 0.1) is 0 Å². The molecule has 1 unspecified atom stereocenters. The number of hydrogen-bond donors (Lipinski definition) is 1. The molecule has 2 N–H and O–H groups in total. The lowest BCUT2D eigenvalue weighted by Gasteiger charge is -2.05. The molecule has 1 aromatic heterocycles. The van der Waals surface area contributed by atoms with Crippen molar-refractivity contribution in [2.45, 2.75) is 26.4 Å². The van der Waals surface area contributed by atoms with E-state index in [-0.39, 0.29) is 19.3 Å². The molecule has 94 valence electrons. The predicted octanol–water partition coefficient (Wildman–Crippen LogP) is 2.76. The van der Waals surface area contributed by atoms with E-state index in [4.69, 9.17) is 5.73 Å². The first-order valence-corrected chi connectivity index (χ1v) is 5.82. The highest BCUT2D eigenvalue weighted by Gasteiger charge is 2.24. The SMILES string of the molecule is C.NC1CCn2c(C(=O)c3ccccc3)ccc21. The van der Waals surface area contributed by atoms with Crippen LogP contribution < -0.4 is 5.73 Å². The highest BCUT2D eigenvalue weighted by molar-refractivity contribution is 6.08. The molecule has 0 spiro atoms. The molecule has 0 saturated carbocycles. The number of aromatic nitrogens is 1. The van der Waals surface area contributed by atoms with E-state index in [1.807, 2.05) is 47.0 Å². The standard InChI is InChI=1S/C14H14N2O.CH4/c15-11-8-9-16-12(11)6-7-13(16)14(17)10-4-2-1-3-5-10;/h1-7,11H,8-9,15H2;1H4. The van der Waals surface area contributed by atoms with Gasteiger partial charge in [-0.1, -0.05) is 37.8 Å². The fourth-order valence-electron chi connectivity index (χ4n) is 2.41. The maximum absolute atomic E-state index is 12.3. The molecule has 1 aliphatic heterocycles. The van der Waals surface area contributed by atoms with E-state index in [2.05, 4.69) is 0 Å². The lowest BCUT2D eigenvalue weighted by molar-refractivity contribution is 0.103. The molecule has 0 fully saturated rings. The van der Waals surface area contributed by atoms with E-state index in [1.165, 1.54) is 0 Å². The average molecular weight is 242 g/mol. The largest absolute Gasteiger partial charge is 0.340 e. The Labute approximate surface area is 107 Å². The summed E-state index contributed by atoms with van der Waals surface area (Å²) in [7, 11) is 0. The Morgan fingerprint density at radius 1 is 1.17 bits per heavy atom. The summed E-state index contributed by atoms with van der Waals surface area (Å²) in [5, 5.41) is 0. The highest BCUT2D eigenvalue weighted by atomic mass is 16.1. The van der Waals surface area contributed by atoms with Gasteiger partial charge in [-0.25, -0.2) is 0 Å². The smallest absolute Gasteiger partial charge is 0.209 e. The molecule has 3 nitrogen and oxygen atoms in total. The van der Waals surface area contributed by atoms with Crippen molar-refractivity contribution >= 4 is 5.78 Å². The van der Waals surface area contributed by atoms with Gasteiger partial charge in [0.05, 0.1) is 5.69 Å². The van der Waals surface area contributed by atoms with E-state index in [1.54, 1.807) is 0 Å². The minimum atomic E-state index is 0. The Morgan fingerprint density at radius 2 is 1.89 bits per heavy atom. The van der Waals surface area contributed by atoms with Crippen LogP contribution in [0.5, 0.6) is 0 Å². The second-order valence-electron chi connectivity index (χ2n) is 4.39. The van der Waals surface area contributed by atoms with Gasteiger partial charge in [-0.15, -0.1) is 0 Å². The van der Waals surface area contributed by atoms with Gasteiger partial charge >= 0.3 is 0 Å². The van der Waals surface area contributed by atoms with E-state index in [0.29, 0.717) is 0 Å². The summed E-state index contributed by atoms with van der Waals surface area (Å²) in [5.41, 5.74) is 8.52. The first-order valence-electron chi connectivity index (χ1n) is 5.82. The lowest BCUT2D eigenvalue weighted by atomic mass is 10.1. The molecule has 0 amide bonds. The number of hydrogen-bond acceptors (Lipinski definition) is 2. The zero-order valence-corrected chi connectivity index (χ0v) is 9.47. The topological polar surface area (TPSA) is 48.0 Å². The van der Waals surface area contributed by atoms with E-state index in [0.717, 1.165) is 29.9 Å².